The van der Waals surface area contributed by atoms with Crippen molar-refractivity contribution in [3.05, 3.63) is 85.1 Å². The Hall–Kier alpha value is -3.03. The number of amides is 1. The molecule has 0 aromatic rings. The maximum atomic E-state index is 13.3. The van der Waals surface area contributed by atoms with E-state index in [1.165, 1.54) is 32.1 Å². The number of hydrogen-bond donors (Lipinski definition) is 12. The SMILES string of the molecule is CC/C=C\C/C=C\C/C=C\C/C=C\C/C=C\C/C=C\CCCCCCCCCCCCC(=O)NC(COC1OC(CO)C(OC2OC(CO)C(OC3OC(CO)C(O)C(O)C3O)C(O)C2O)C(O)C1O)C(O)/C=C/CCCCCCC. The molecule has 0 aromatic carbocycles. The van der Waals surface area contributed by atoms with Crippen LogP contribution in [0.15, 0.2) is 85.1 Å². The van der Waals surface area contributed by atoms with Crippen LogP contribution in [0.3, 0.4) is 0 Å². The maximum absolute atomic E-state index is 13.3. The molecule has 0 aliphatic carbocycles. The summed E-state index contributed by atoms with van der Waals surface area (Å²) in [6.07, 6.45) is 27.6. The van der Waals surface area contributed by atoms with Crippen molar-refractivity contribution in [2.45, 2.75) is 272 Å². The minimum atomic E-state index is -1.98. The predicted molar refractivity (Wildman–Crippen MR) is 309 cm³/mol. The lowest BCUT2D eigenvalue weighted by Gasteiger charge is -2.48. The Bertz CT molecular complexity index is 1810. The van der Waals surface area contributed by atoms with Crippen molar-refractivity contribution in [3.8, 4) is 0 Å². The number of carbonyl (C=O) groups excluding carboxylic acids is 1. The van der Waals surface area contributed by atoms with Crippen molar-refractivity contribution >= 4 is 5.91 Å². The third-order valence-corrected chi connectivity index (χ3v) is 14.7. The summed E-state index contributed by atoms with van der Waals surface area (Å²) in [5.41, 5.74) is 0. The molecule has 0 radical (unpaired) electrons. The Kier molecular flexibility index (Phi) is 39.6. The molecule has 3 heterocycles. The summed E-state index contributed by atoms with van der Waals surface area (Å²) in [7, 11) is 0. The van der Waals surface area contributed by atoms with Crippen LogP contribution in [0.5, 0.6) is 0 Å². The van der Waals surface area contributed by atoms with Crippen molar-refractivity contribution < 1.29 is 89.4 Å². The quantitative estimate of drug-likeness (QED) is 0.0261. The first-order valence-electron chi connectivity index (χ1n) is 30.3. The molecule has 0 bridgehead atoms. The number of ether oxygens (including phenoxy) is 6. The van der Waals surface area contributed by atoms with Crippen molar-refractivity contribution in [2.75, 3.05) is 26.4 Å². The van der Waals surface area contributed by atoms with Gasteiger partial charge in [0.05, 0.1) is 38.6 Å². The number of rotatable bonds is 43. The molecule has 17 unspecified atom stereocenters. The number of carbonyl (C=O) groups is 1. The Morgan fingerprint density at radius 3 is 1.33 bits per heavy atom. The zero-order valence-corrected chi connectivity index (χ0v) is 48.5. The average molecular weight is 1150 g/mol. The van der Waals surface area contributed by atoms with Gasteiger partial charge in [0.2, 0.25) is 5.91 Å². The van der Waals surface area contributed by atoms with Crippen LogP contribution in [-0.2, 0) is 33.2 Å². The Balaban J connectivity index is 1.38. The first-order chi connectivity index (χ1) is 39.3. The van der Waals surface area contributed by atoms with Gasteiger partial charge in [-0.25, -0.2) is 0 Å². The van der Waals surface area contributed by atoms with Crippen LogP contribution in [0.2, 0.25) is 0 Å². The second-order valence-electron chi connectivity index (χ2n) is 21.4. The monoisotopic (exact) mass is 1150 g/mol. The largest absolute Gasteiger partial charge is 0.394 e. The Morgan fingerprint density at radius 1 is 0.457 bits per heavy atom. The van der Waals surface area contributed by atoms with Crippen molar-refractivity contribution in [2.24, 2.45) is 0 Å². The molecule has 1 amide bonds. The van der Waals surface area contributed by atoms with Gasteiger partial charge in [-0.15, -0.1) is 0 Å². The fourth-order valence-corrected chi connectivity index (χ4v) is 9.72. The van der Waals surface area contributed by atoms with Gasteiger partial charge in [0.15, 0.2) is 18.9 Å². The van der Waals surface area contributed by atoms with E-state index in [0.29, 0.717) is 6.42 Å². The molecule has 17 atom stereocenters. The molecule has 12 N–H and O–H groups in total. The highest BCUT2D eigenvalue weighted by atomic mass is 16.8. The summed E-state index contributed by atoms with van der Waals surface area (Å²) < 4.78 is 34.1. The number of aliphatic hydroxyl groups excluding tert-OH is 11. The molecule has 19 nitrogen and oxygen atoms in total. The minimum Gasteiger partial charge on any atom is -0.394 e. The third kappa shape index (κ3) is 28.1. The molecular formula is C62H105NO18. The van der Waals surface area contributed by atoms with Crippen molar-refractivity contribution in [1.29, 1.82) is 0 Å². The smallest absolute Gasteiger partial charge is 0.220 e. The van der Waals surface area contributed by atoms with Crippen LogP contribution in [-0.4, -0.2) is 193 Å². The van der Waals surface area contributed by atoms with Gasteiger partial charge in [-0.1, -0.05) is 176 Å². The van der Waals surface area contributed by atoms with E-state index in [9.17, 15) is 61.0 Å². The van der Waals surface area contributed by atoms with E-state index in [0.717, 1.165) is 109 Å². The molecule has 466 valence electrons. The highest BCUT2D eigenvalue weighted by molar-refractivity contribution is 5.76. The van der Waals surface area contributed by atoms with E-state index in [-0.39, 0.29) is 18.9 Å². The lowest BCUT2D eigenvalue weighted by atomic mass is 9.96. The highest BCUT2D eigenvalue weighted by Gasteiger charge is 2.53. The van der Waals surface area contributed by atoms with Gasteiger partial charge in [-0.05, 0) is 70.6 Å². The van der Waals surface area contributed by atoms with Crippen LogP contribution < -0.4 is 5.32 Å². The fourth-order valence-electron chi connectivity index (χ4n) is 9.72. The molecule has 3 saturated heterocycles. The van der Waals surface area contributed by atoms with Crippen molar-refractivity contribution in [3.63, 3.8) is 0 Å². The summed E-state index contributed by atoms with van der Waals surface area (Å²) in [6, 6.07) is -0.977. The first kappa shape index (κ1) is 72.2. The third-order valence-electron chi connectivity index (χ3n) is 14.7. The van der Waals surface area contributed by atoms with Gasteiger partial charge >= 0.3 is 0 Å². The zero-order chi connectivity index (χ0) is 59.0. The maximum Gasteiger partial charge on any atom is 0.220 e. The number of aliphatic hydroxyl groups is 11. The summed E-state index contributed by atoms with van der Waals surface area (Å²) in [5, 5.41) is 120. The summed E-state index contributed by atoms with van der Waals surface area (Å²) in [6.45, 7) is 1.50. The second-order valence-corrected chi connectivity index (χ2v) is 21.4. The molecule has 0 saturated carbocycles. The van der Waals surface area contributed by atoms with Crippen LogP contribution in [0, 0.1) is 0 Å². The van der Waals surface area contributed by atoms with E-state index < -0.39 is 124 Å². The lowest BCUT2D eigenvalue weighted by molar-refractivity contribution is -0.379. The van der Waals surface area contributed by atoms with Crippen LogP contribution in [0.25, 0.3) is 0 Å². The van der Waals surface area contributed by atoms with Crippen LogP contribution >= 0.6 is 0 Å². The number of nitrogens with one attached hydrogen (secondary N) is 1. The Morgan fingerprint density at radius 2 is 0.852 bits per heavy atom. The van der Waals surface area contributed by atoms with Gasteiger partial charge < -0.3 is 89.9 Å². The molecule has 3 fully saturated rings. The van der Waals surface area contributed by atoms with Gasteiger partial charge in [0.1, 0.15) is 73.2 Å². The molecule has 81 heavy (non-hydrogen) atoms. The van der Waals surface area contributed by atoms with E-state index >= 15 is 0 Å². The van der Waals surface area contributed by atoms with Gasteiger partial charge in [0.25, 0.3) is 0 Å². The normalized spacial score (nSPS) is 30.4. The van der Waals surface area contributed by atoms with Crippen LogP contribution in [0.1, 0.15) is 168 Å². The second kappa shape index (κ2) is 44.4. The molecule has 0 aromatic heterocycles. The average Bonchev–Trinajstić information content (AvgIpc) is 3.48. The molecule has 19 heteroatoms. The van der Waals surface area contributed by atoms with E-state index in [4.69, 9.17) is 28.4 Å². The lowest BCUT2D eigenvalue weighted by Crippen LogP contribution is -2.66. The molecular weight excluding hydrogens is 1050 g/mol. The fraction of sp³-hybridized carbons (Fsp3) is 0.758. The number of allylic oxidation sites excluding steroid dienone is 13. The molecule has 3 rings (SSSR count). The van der Waals surface area contributed by atoms with Gasteiger partial charge in [-0.2, -0.15) is 0 Å². The molecule has 3 aliphatic heterocycles. The number of unbranched alkanes of at least 4 members (excludes halogenated alkanes) is 15. The number of hydrogen-bond acceptors (Lipinski definition) is 18. The van der Waals surface area contributed by atoms with E-state index in [1.54, 1.807) is 6.08 Å². The van der Waals surface area contributed by atoms with Gasteiger partial charge in [0, 0.05) is 6.42 Å². The van der Waals surface area contributed by atoms with Gasteiger partial charge in [-0.3, -0.25) is 4.79 Å². The summed E-state index contributed by atoms with van der Waals surface area (Å²) >= 11 is 0. The minimum absolute atomic E-state index is 0.232. The molecule has 3 aliphatic rings. The zero-order valence-electron chi connectivity index (χ0n) is 48.5. The topological polar surface area (TPSA) is 307 Å². The van der Waals surface area contributed by atoms with E-state index in [1.807, 2.05) is 6.08 Å². The predicted octanol–water partition coefficient (Wildman–Crippen LogP) is 5.59. The summed E-state index contributed by atoms with van der Waals surface area (Å²) in [4.78, 5) is 13.3. The summed E-state index contributed by atoms with van der Waals surface area (Å²) in [5.74, 6) is -0.290. The first-order valence-corrected chi connectivity index (χ1v) is 30.3. The molecule has 0 spiro atoms. The van der Waals surface area contributed by atoms with Crippen LogP contribution in [0.4, 0.5) is 0 Å². The standard InChI is InChI=1S/C62H105NO18/c1-3-5-7-9-11-12-13-14-15-16-17-18-19-20-21-22-23-24-25-26-27-28-29-30-31-32-34-36-38-40-50(68)63-45(46(67)39-37-35-33-10-8-6-4-2)44-76-60-56(74)53(71)58(48(42-65)78-60)81-62-57(75)54(72)59(49(43-66)79-62)80-61-55(73)52(70)51(69)47(41-64)77-61/h5,7,11-12,14-15,17-18,20-21,23-24,37,39,45-49,51-62,64-67,69-75H,3-4,6,8-10,13,16,19,22,25-36,38,40-44H2,1-2H3,(H,63,68)/b7-5-,12-11-,15-14-,18-17-,21-20-,24-23-,39-37+. The Labute approximate surface area is 482 Å². The van der Waals surface area contributed by atoms with E-state index in [2.05, 4.69) is 92.1 Å². The van der Waals surface area contributed by atoms with Crippen molar-refractivity contribution in [1.82, 2.24) is 5.32 Å². The highest BCUT2D eigenvalue weighted by Crippen LogP contribution is 2.33.